The maximum atomic E-state index is 12.1. The van der Waals surface area contributed by atoms with Crippen LogP contribution in [0.15, 0.2) is 18.2 Å². The van der Waals surface area contributed by atoms with Crippen LogP contribution in [0.1, 0.15) is 25.8 Å². The molecule has 4 heteroatoms. The summed E-state index contributed by atoms with van der Waals surface area (Å²) < 4.78 is 1.15. The minimum Gasteiger partial charge on any atom is -0.330 e. The zero-order valence-corrected chi connectivity index (χ0v) is 13.3. The molecule has 18 heavy (non-hydrogen) atoms. The van der Waals surface area contributed by atoms with Crippen LogP contribution >= 0.6 is 22.6 Å². The van der Waals surface area contributed by atoms with Crippen LogP contribution in [0.5, 0.6) is 0 Å². The van der Waals surface area contributed by atoms with Crippen LogP contribution in [0.2, 0.25) is 0 Å². The molecule has 0 aromatic heterocycles. The Kier molecular flexibility index (Phi) is 6.08. The summed E-state index contributed by atoms with van der Waals surface area (Å²) in [6, 6.07) is 5.92. The summed E-state index contributed by atoms with van der Waals surface area (Å²) in [5.41, 5.74) is 7.73. The Hall–Kier alpha value is -0.620. The summed E-state index contributed by atoms with van der Waals surface area (Å²) in [4.78, 5) is 12.1. The molecule has 0 aliphatic carbocycles. The number of aryl methyl sites for hydroxylation is 1. The summed E-state index contributed by atoms with van der Waals surface area (Å²) in [5.74, 6) is 0.386. The molecule has 3 nitrogen and oxygen atoms in total. The van der Waals surface area contributed by atoms with Gasteiger partial charge in [-0.15, -0.1) is 0 Å². The van der Waals surface area contributed by atoms with Crippen molar-refractivity contribution in [2.75, 3.05) is 11.9 Å². The monoisotopic (exact) mass is 360 g/mol. The Balaban J connectivity index is 2.70. The minimum atomic E-state index is -0.107. The van der Waals surface area contributed by atoms with Gasteiger partial charge < -0.3 is 11.1 Å². The lowest BCUT2D eigenvalue weighted by molar-refractivity contribution is -0.120. The van der Waals surface area contributed by atoms with Crippen LogP contribution < -0.4 is 11.1 Å². The van der Waals surface area contributed by atoms with Crippen molar-refractivity contribution in [3.8, 4) is 0 Å². The predicted molar refractivity (Wildman–Crippen MR) is 84.5 cm³/mol. The summed E-state index contributed by atoms with van der Waals surface area (Å²) in [7, 11) is 0. The van der Waals surface area contributed by atoms with E-state index >= 15 is 0 Å². The fourth-order valence-corrected chi connectivity index (χ4v) is 2.31. The van der Waals surface area contributed by atoms with Crippen LogP contribution in [-0.4, -0.2) is 12.5 Å². The van der Waals surface area contributed by atoms with Crippen LogP contribution in [-0.2, 0) is 4.79 Å². The molecule has 0 aliphatic heterocycles. The van der Waals surface area contributed by atoms with Gasteiger partial charge in [0.05, 0.1) is 5.92 Å². The molecule has 1 amide bonds. The Morgan fingerprint density at radius 3 is 2.61 bits per heavy atom. The molecule has 1 aromatic rings. The first-order valence-corrected chi connectivity index (χ1v) is 7.29. The minimum absolute atomic E-state index is 0.0193. The fraction of sp³-hybridized carbons (Fsp3) is 0.500. The molecular weight excluding hydrogens is 339 g/mol. The van der Waals surface area contributed by atoms with E-state index in [9.17, 15) is 4.79 Å². The molecular formula is C14H21IN2O. The molecule has 100 valence electrons. The standard InChI is InChI=1S/C14H21IN2O/c1-9(2)6-11(8-16)14(18)17-12-5-4-10(3)13(15)7-12/h4-5,7,9,11H,6,8,16H2,1-3H3,(H,17,18). The molecule has 1 aromatic carbocycles. The van der Waals surface area contributed by atoms with Crippen LogP contribution in [0, 0.1) is 22.3 Å². The first-order chi connectivity index (χ1) is 8.43. The quantitative estimate of drug-likeness (QED) is 0.793. The van der Waals surface area contributed by atoms with Gasteiger partial charge in [-0.05, 0) is 59.5 Å². The maximum absolute atomic E-state index is 12.1. The van der Waals surface area contributed by atoms with Gasteiger partial charge >= 0.3 is 0 Å². The Bertz CT molecular complexity index is 418. The molecule has 0 radical (unpaired) electrons. The Morgan fingerprint density at radius 1 is 1.44 bits per heavy atom. The molecule has 0 heterocycles. The number of hydrogen-bond donors (Lipinski definition) is 2. The van der Waals surface area contributed by atoms with Crippen molar-refractivity contribution in [1.82, 2.24) is 0 Å². The van der Waals surface area contributed by atoms with Crippen LogP contribution in [0.25, 0.3) is 0 Å². The average molecular weight is 360 g/mol. The van der Waals surface area contributed by atoms with Crippen LogP contribution in [0.3, 0.4) is 0 Å². The number of benzene rings is 1. The van der Waals surface area contributed by atoms with E-state index in [1.54, 1.807) is 0 Å². The Morgan fingerprint density at radius 2 is 2.11 bits per heavy atom. The smallest absolute Gasteiger partial charge is 0.228 e. The number of carbonyl (C=O) groups excluding carboxylic acids is 1. The number of hydrogen-bond acceptors (Lipinski definition) is 2. The second-order valence-electron chi connectivity index (χ2n) is 5.02. The molecule has 0 saturated carbocycles. The molecule has 0 aliphatic rings. The maximum Gasteiger partial charge on any atom is 0.228 e. The topological polar surface area (TPSA) is 55.1 Å². The normalized spacial score (nSPS) is 12.6. The van der Waals surface area contributed by atoms with Crippen molar-refractivity contribution < 1.29 is 4.79 Å². The molecule has 0 bridgehead atoms. The fourth-order valence-electron chi connectivity index (χ4n) is 1.79. The lowest BCUT2D eigenvalue weighted by Gasteiger charge is -2.17. The number of carbonyl (C=O) groups is 1. The van der Waals surface area contributed by atoms with Gasteiger partial charge in [-0.2, -0.15) is 0 Å². The molecule has 1 unspecified atom stereocenters. The highest BCUT2D eigenvalue weighted by molar-refractivity contribution is 14.1. The average Bonchev–Trinajstić information content (AvgIpc) is 2.30. The van der Waals surface area contributed by atoms with Gasteiger partial charge in [-0.25, -0.2) is 0 Å². The van der Waals surface area contributed by atoms with Crippen molar-refractivity contribution in [2.45, 2.75) is 27.2 Å². The zero-order chi connectivity index (χ0) is 13.7. The predicted octanol–water partition coefficient (Wildman–Crippen LogP) is 3.16. The highest BCUT2D eigenvalue weighted by Crippen LogP contribution is 2.19. The van der Waals surface area contributed by atoms with E-state index in [4.69, 9.17) is 5.73 Å². The van der Waals surface area contributed by atoms with Gasteiger partial charge in [0, 0.05) is 15.8 Å². The first kappa shape index (κ1) is 15.4. The van der Waals surface area contributed by atoms with Gasteiger partial charge in [0.1, 0.15) is 0 Å². The largest absolute Gasteiger partial charge is 0.330 e. The van der Waals surface area contributed by atoms with E-state index in [0.29, 0.717) is 12.5 Å². The number of amides is 1. The second-order valence-corrected chi connectivity index (χ2v) is 6.18. The van der Waals surface area contributed by atoms with Crippen molar-refractivity contribution in [3.63, 3.8) is 0 Å². The van der Waals surface area contributed by atoms with E-state index < -0.39 is 0 Å². The van der Waals surface area contributed by atoms with Crippen molar-refractivity contribution in [3.05, 3.63) is 27.3 Å². The number of nitrogens with one attached hydrogen (secondary N) is 1. The van der Waals surface area contributed by atoms with Crippen molar-refractivity contribution in [1.29, 1.82) is 0 Å². The van der Waals surface area contributed by atoms with Gasteiger partial charge in [0.15, 0.2) is 0 Å². The zero-order valence-electron chi connectivity index (χ0n) is 11.2. The molecule has 0 saturated heterocycles. The first-order valence-electron chi connectivity index (χ1n) is 6.21. The molecule has 3 N–H and O–H groups in total. The van der Waals surface area contributed by atoms with E-state index in [0.717, 1.165) is 15.7 Å². The second kappa shape index (κ2) is 7.09. The number of rotatable bonds is 5. The highest BCUT2D eigenvalue weighted by atomic mass is 127. The van der Waals surface area contributed by atoms with E-state index in [1.807, 2.05) is 18.2 Å². The van der Waals surface area contributed by atoms with Gasteiger partial charge in [-0.1, -0.05) is 19.9 Å². The van der Waals surface area contributed by atoms with E-state index in [1.165, 1.54) is 5.56 Å². The third-order valence-electron chi connectivity index (χ3n) is 2.85. The van der Waals surface area contributed by atoms with Gasteiger partial charge in [0.25, 0.3) is 0 Å². The van der Waals surface area contributed by atoms with Gasteiger partial charge in [-0.3, -0.25) is 4.79 Å². The SMILES string of the molecule is Cc1ccc(NC(=O)C(CN)CC(C)C)cc1I. The molecule has 0 fully saturated rings. The molecule has 0 spiro atoms. The third kappa shape index (κ3) is 4.57. The number of nitrogens with two attached hydrogens (primary N) is 1. The number of anilines is 1. The number of halogens is 1. The summed E-state index contributed by atoms with van der Waals surface area (Å²) in [6.45, 7) is 6.65. The lowest BCUT2D eigenvalue weighted by Crippen LogP contribution is -2.30. The van der Waals surface area contributed by atoms with E-state index in [2.05, 4.69) is 48.7 Å². The summed E-state index contributed by atoms with van der Waals surface area (Å²) in [6.07, 6.45) is 0.825. The van der Waals surface area contributed by atoms with Crippen molar-refractivity contribution in [2.24, 2.45) is 17.6 Å². The highest BCUT2D eigenvalue weighted by Gasteiger charge is 2.18. The summed E-state index contributed by atoms with van der Waals surface area (Å²) >= 11 is 2.27. The summed E-state index contributed by atoms with van der Waals surface area (Å²) in [5, 5.41) is 2.94. The lowest BCUT2D eigenvalue weighted by atomic mass is 9.96. The van der Waals surface area contributed by atoms with Crippen molar-refractivity contribution >= 4 is 34.2 Å². The van der Waals surface area contributed by atoms with Crippen LogP contribution in [0.4, 0.5) is 5.69 Å². The van der Waals surface area contributed by atoms with Gasteiger partial charge in [0.2, 0.25) is 5.91 Å². The Labute approximate surface area is 123 Å². The third-order valence-corrected chi connectivity index (χ3v) is 4.01. The molecule has 1 atom stereocenters. The van der Waals surface area contributed by atoms with E-state index in [-0.39, 0.29) is 11.8 Å². The molecule has 1 rings (SSSR count).